The fourth-order valence-corrected chi connectivity index (χ4v) is 7.15. The van der Waals surface area contributed by atoms with Gasteiger partial charge in [-0.05, 0) is 123 Å². The lowest BCUT2D eigenvalue weighted by Crippen LogP contribution is -2.42. The van der Waals surface area contributed by atoms with E-state index in [2.05, 4.69) is 19.9 Å². The Kier molecular flexibility index (Phi) is 9.45. The average molecular weight is 630 g/mol. The van der Waals surface area contributed by atoms with Gasteiger partial charge in [-0.1, -0.05) is 55.8 Å². The molecule has 1 N–H and O–H groups in total. The summed E-state index contributed by atoms with van der Waals surface area (Å²) in [6.07, 6.45) is 10.8. The summed E-state index contributed by atoms with van der Waals surface area (Å²) in [6.45, 7) is 6.22. The van der Waals surface area contributed by atoms with Gasteiger partial charge < -0.3 is 14.6 Å². The number of ether oxygens (including phenoxy) is 1. The summed E-state index contributed by atoms with van der Waals surface area (Å²) in [6, 6.07) is 22.9. The number of rotatable bonds is 8. The Morgan fingerprint density at radius 1 is 1.00 bits per heavy atom. The van der Waals surface area contributed by atoms with Crippen LogP contribution in [0.1, 0.15) is 90.7 Å². The molecule has 5 heteroatoms. The minimum Gasteiger partial charge on any atom is -0.497 e. The molecule has 0 saturated heterocycles. The van der Waals surface area contributed by atoms with Crippen molar-refractivity contribution < 1.29 is 18.3 Å². The summed E-state index contributed by atoms with van der Waals surface area (Å²) in [4.78, 5) is 14.5. The number of Topliss-reactive ketones (excluding diaryl/α,β-unsaturated/α-hetero) is 1. The Bertz CT molecular complexity index is 1860. The molecule has 0 amide bonds. The van der Waals surface area contributed by atoms with Crippen LogP contribution < -0.4 is 4.74 Å². The van der Waals surface area contributed by atoms with E-state index in [-0.39, 0.29) is 11.6 Å². The maximum absolute atomic E-state index is 14.5. The molecule has 0 aliphatic heterocycles. The summed E-state index contributed by atoms with van der Waals surface area (Å²) < 4.78 is 25.5. The smallest absolute Gasteiger partial charge is 0.190 e. The lowest BCUT2D eigenvalue weighted by atomic mass is 9.60. The van der Waals surface area contributed by atoms with Crippen molar-refractivity contribution in [3.05, 3.63) is 129 Å². The quantitative estimate of drug-likeness (QED) is 0.156. The molecule has 4 aromatic rings. The van der Waals surface area contributed by atoms with Gasteiger partial charge in [0.1, 0.15) is 23.1 Å². The highest BCUT2D eigenvalue weighted by Crippen LogP contribution is 2.49. The van der Waals surface area contributed by atoms with Gasteiger partial charge in [0, 0.05) is 34.1 Å². The van der Waals surface area contributed by atoms with Crippen molar-refractivity contribution in [2.75, 3.05) is 7.11 Å². The first-order valence-electron chi connectivity index (χ1n) is 16.8. The molecule has 1 atom stereocenters. The Morgan fingerprint density at radius 2 is 1.81 bits per heavy atom. The second-order valence-electron chi connectivity index (χ2n) is 13.6. The molecule has 242 valence electrons. The normalized spacial score (nSPS) is 19.1. The summed E-state index contributed by atoms with van der Waals surface area (Å²) in [7, 11) is 1.64. The van der Waals surface area contributed by atoms with Gasteiger partial charge in [-0.2, -0.15) is 0 Å². The molecule has 1 unspecified atom stereocenters. The van der Waals surface area contributed by atoms with Crippen LogP contribution in [-0.4, -0.2) is 18.6 Å². The molecule has 4 nitrogen and oxygen atoms in total. The highest BCUT2D eigenvalue weighted by molar-refractivity contribution is 6.27. The van der Waals surface area contributed by atoms with E-state index >= 15 is 0 Å². The molecule has 6 rings (SSSR count). The van der Waals surface area contributed by atoms with E-state index < -0.39 is 5.41 Å². The van der Waals surface area contributed by atoms with E-state index in [9.17, 15) is 14.6 Å². The van der Waals surface area contributed by atoms with Gasteiger partial charge in [0.25, 0.3) is 0 Å². The molecule has 47 heavy (non-hydrogen) atoms. The highest BCUT2D eigenvalue weighted by Gasteiger charge is 2.47. The van der Waals surface area contributed by atoms with E-state index in [0.29, 0.717) is 46.7 Å². The zero-order valence-corrected chi connectivity index (χ0v) is 27.9. The third kappa shape index (κ3) is 6.81. The predicted molar refractivity (Wildman–Crippen MR) is 188 cm³/mol. The number of hydrogen-bond donors (Lipinski definition) is 1. The number of furan rings is 1. The molecule has 3 aromatic carbocycles. The third-order valence-corrected chi connectivity index (χ3v) is 9.87. The van der Waals surface area contributed by atoms with Crippen LogP contribution in [0.4, 0.5) is 4.39 Å². The fourth-order valence-electron chi connectivity index (χ4n) is 7.15. The number of carbonyl (C=O) groups is 1. The topological polar surface area (TPSA) is 63.3 Å². The predicted octanol–water partition coefficient (Wildman–Crippen LogP) is 10.8. The van der Waals surface area contributed by atoms with Crippen LogP contribution in [0.2, 0.25) is 0 Å². The number of hydrogen-bond acceptors (Lipinski definition) is 4. The van der Waals surface area contributed by atoms with Crippen LogP contribution in [0.25, 0.3) is 17.4 Å². The van der Waals surface area contributed by atoms with Crippen molar-refractivity contribution in [3.8, 4) is 17.1 Å². The first-order valence-corrected chi connectivity index (χ1v) is 16.8. The number of nitrogens with one attached hydrogen (secondary N) is 1. The second-order valence-corrected chi connectivity index (χ2v) is 13.6. The summed E-state index contributed by atoms with van der Waals surface area (Å²) in [5.74, 6) is 2.88. The van der Waals surface area contributed by atoms with Gasteiger partial charge in [0.2, 0.25) is 0 Å². The Morgan fingerprint density at radius 3 is 2.55 bits per heavy atom. The van der Waals surface area contributed by atoms with Gasteiger partial charge in [0.05, 0.1) is 12.8 Å². The maximum atomic E-state index is 14.5. The molecule has 2 aliphatic rings. The van der Waals surface area contributed by atoms with Crippen molar-refractivity contribution in [1.82, 2.24) is 0 Å². The van der Waals surface area contributed by atoms with Gasteiger partial charge in [-0.15, -0.1) is 0 Å². The Hall–Kier alpha value is -4.51. The molecule has 1 spiro atoms. The van der Waals surface area contributed by atoms with Crippen LogP contribution in [0, 0.1) is 29.5 Å². The minimum absolute atomic E-state index is 0.0120. The Labute approximate surface area is 277 Å². The largest absolute Gasteiger partial charge is 0.497 e. The van der Waals surface area contributed by atoms with Crippen LogP contribution in [0.5, 0.6) is 5.75 Å². The summed E-state index contributed by atoms with van der Waals surface area (Å²) in [5.41, 5.74) is 6.64. The number of halogens is 1. The van der Waals surface area contributed by atoms with Crippen LogP contribution in [0.3, 0.4) is 0 Å². The van der Waals surface area contributed by atoms with E-state index in [4.69, 9.17) is 9.15 Å². The first kappa shape index (κ1) is 32.4. The number of methoxy groups -OCH3 is 1. The van der Waals surface area contributed by atoms with Gasteiger partial charge in [-0.3, -0.25) is 4.79 Å². The lowest BCUT2D eigenvalue weighted by Gasteiger charge is -2.41. The van der Waals surface area contributed by atoms with E-state index in [1.807, 2.05) is 72.8 Å². The van der Waals surface area contributed by atoms with Crippen molar-refractivity contribution in [3.63, 3.8) is 0 Å². The molecule has 1 heterocycles. The SMILES string of the molecule is COc1ccc(C=C2C(=O)c3ccc(-c4ccc(CCC(C)C)o4)cc3C(=N)C23CCC=C(Cc2ccc(F)c(C)c2)CCC3)cc1. The molecule has 0 saturated carbocycles. The number of allylic oxidation sites excluding steroid dienone is 3. The number of carbonyl (C=O) groups excluding carboxylic acids is 1. The molecule has 1 aromatic heterocycles. The van der Waals surface area contributed by atoms with Gasteiger partial charge >= 0.3 is 0 Å². The molecule has 2 aliphatic carbocycles. The number of benzene rings is 3. The van der Waals surface area contributed by atoms with E-state index in [0.717, 1.165) is 72.5 Å². The zero-order valence-electron chi connectivity index (χ0n) is 27.9. The lowest BCUT2D eigenvalue weighted by molar-refractivity contribution is 0.100. The van der Waals surface area contributed by atoms with Crippen molar-refractivity contribution in [2.45, 2.75) is 72.1 Å². The van der Waals surface area contributed by atoms with Crippen LogP contribution in [0.15, 0.2) is 94.4 Å². The fraction of sp³-hybridized carbons (Fsp3) is 0.333. The minimum atomic E-state index is -0.720. The van der Waals surface area contributed by atoms with Crippen molar-refractivity contribution in [1.29, 1.82) is 5.41 Å². The summed E-state index contributed by atoms with van der Waals surface area (Å²) >= 11 is 0. The van der Waals surface area contributed by atoms with Crippen LogP contribution >= 0.6 is 0 Å². The molecular weight excluding hydrogens is 585 g/mol. The van der Waals surface area contributed by atoms with Gasteiger partial charge in [0.15, 0.2) is 5.78 Å². The standard InChI is InChI=1S/C42H44FNO3/c1-27(2)9-14-34-17-20-39(47-34)32-13-18-35-36(26-32)41(44)42(37(40(35)45)25-30-10-15-33(46-4)16-11-30)21-5-7-29(8-6-22-42)24-31-12-19-38(43)28(3)23-31/h7,10-13,15-20,23,25-27,44H,5-6,8-9,14,21-22,24H2,1-4H3. The zero-order chi connectivity index (χ0) is 33.1. The molecule has 0 fully saturated rings. The second kappa shape index (κ2) is 13.7. The van der Waals surface area contributed by atoms with E-state index in [1.54, 1.807) is 20.1 Å². The number of aryl methyl sites for hydroxylation is 2. The summed E-state index contributed by atoms with van der Waals surface area (Å²) in [5, 5.41) is 9.78. The highest BCUT2D eigenvalue weighted by atomic mass is 19.1. The number of fused-ring (bicyclic) bond motifs is 1. The first-order chi connectivity index (χ1) is 22.7. The molecular formula is C42H44FNO3. The van der Waals surface area contributed by atoms with Crippen molar-refractivity contribution >= 4 is 17.6 Å². The molecule has 0 bridgehead atoms. The van der Waals surface area contributed by atoms with Gasteiger partial charge in [-0.25, -0.2) is 4.39 Å². The molecule has 0 radical (unpaired) electrons. The monoisotopic (exact) mass is 629 g/mol. The van der Waals surface area contributed by atoms with E-state index in [1.165, 1.54) is 5.57 Å². The van der Waals surface area contributed by atoms with Crippen molar-refractivity contribution in [2.24, 2.45) is 11.3 Å². The third-order valence-electron chi connectivity index (χ3n) is 9.87. The van der Waals surface area contributed by atoms with Crippen LogP contribution in [-0.2, 0) is 12.8 Å². The average Bonchev–Trinajstić information content (AvgIpc) is 3.54. The number of ketones is 1. The maximum Gasteiger partial charge on any atom is 0.190 e. The Balaban J connectivity index is 1.36.